The molecule has 1 saturated heterocycles. The molecule has 29 heavy (non-hydrogen) atoms. The molecule has 0 aliphatic carbocycles. The Balaban J connectivity index is 1.59. The van der Waals surface area contributed by atoms with Gasteiger partial charge in [0.25, 0.3) is 0 Å². The van der Waals surface area contributed by atoms with Crippen molar-refractivity contribution in [2.45, 2.75) is 44.6 Å². The number of benzene rings is 2. The van der Waals surface area contributed by atoms with Gasteiger partial charge in [0.2, 0.25) is 0 Å². The third kappa shape index (κ3) is 4.81. The molecule has 5 nitrogen and oxygen atoms in total. The Morgan fingerprint density at radius 1 is 1.17 bits per heavy atom. The molecule has 0 bridgehead atoms. The molecule has 0 unspecified atom stereocenters. The van der Waals surface area contributed by atoms with Gasteiger partial charge >= 0.3 is 0 Å². The Bertz CT molecular complexity index is 900. The lowest BCUT2D eigenvalue weighted by molar-refractivity contribution is -0.0655. The van der Waals surface area contributed by atoms with E-state index in [1.807, 2.05) is 18.2 Å². The van der Waals surface area contributed by atoms with Crippen molar-refractivity contribution in [3.63, 3.8) is 0 Å². The summed E-state index contributed by atoms with van der Waals surface area (Å²) in [6.45, 7) is 3.59. The molecule has 0 amide bonds. The van der Waals surface area contributed by atoms with Crippen LogP contribution in [0.4, 0.5) is 0 Å². The van der Waals surface area contributed by atoms with Crippen molar-refractivity contribution in [3.05, 3.63) is 81.9 Å². The lowest BCUT2D eigenvalue weighted by Crippen LogP contribution is -2.44. The van der Waals surface area contributed by atoms with E-state index in [1.54, 1.807) is 12.4 Å². The van der Waals surface area contributed by atoms with Gasteiger partial charge in [-0.2, -0.15) is 5.10 Å². The van der Waals surface area contributed by atoms with Gasteiger partial charge < -0.3 is 4.74 Å². The Labute approximate surface area is 181 Å². The number of piperidine rings is 1. The highest BCUT2D eigenvalue weighted by atomic mass is 35.5. The van der Waals surface area contributed by atoms with Gasteiger partial charge in [-0.05, 0) is 55.6 Å². The normalized spacial score (nSPS) is 21.2. The van der Waals surface area contributed by atoms with Crippen molar-refractivity contribution in [1.29, 1.82) is 0 Å². The Kier molecular flexibility index (Phi) is 6.50. The second-order valence-electron chi connectivity index (χ2n) is 7.40. The number of H-pyrrole nitrogens is 1. The summed E-state index contributed by atoms with van der Waals surface area (Å²) >= 11 is 12.3. The smallest absolute Gasteiger partial charge is 0.167 e. The zero-order valence-electron chi connectivity index (χ0n) is 16.3. The molecule has 2 aromatic carbocycles. The summed E-state index contributed by atoms with van der Waals surface area (Å²) in [6, 6.07) is 16.3. The van der Waals surface area contributed by atoms with Crippen molar-refractivity contribution in [2.24, 2.45) is 0 Å². The number of likely N-dealkylation sites (tertiary alicyclic amines) is 1. The monoisotopic (exact) mass is 430 g/mol. The molecule has 3 aromatic rings. The maximum absolute atomic E-state index is 6.44. The second kappa shape index (κ2) is 9.26. The summed E-state index contributed by atoms with van der Waals surface area (Å²) < 4.78 is 6.44. The number of ether oxygens (including phenoxy) is 1. The van der Waals surface area contributed by atoms with Gasteiger partial charge in [0.15, 0.2) is 5.82 Å². The first-order valence-electron chi connectivity index (χ1n) is 9.85. The Hall–Kier alpha value is -1.92. The molecule has 1 aromatic heterocycles. The lowest BCUT2D eigenvalue weighted by Gasteiger charge is -2.43. The number of hydrogen-bond acceptors (Lipinski definition) is 4. The summed E-state index contributed by atoms with van der Waals surface area (Å²) in [5.74, 6) is 0.799. The van der Waals surface area contributed by atoms with Crippen LogP contribution in [0.5, 0.6) is 0 Å². The molecule has 7 heteroatoms. The van der Waals surface area contributed by atoms with Crippen molar-refractivity contribution in [3.8, 4) is 0 Å². The van der Waals surface area contributed by atoms with E-state index in [9.17, 15) is 0 Å². The maximum Gasteiger partial charge on any atom is 0.167 e. The van der Waals surface area contributed by atoms with Gasteiger partial charge in [0.1, 0.15) is 6.33 Å². The molecular formula is C22H24Cl2N4O. The second-order valence-corrected chi connectivity index (χ2v) is 8.27. The summed E-state index contributed by atoms with van der Waals surface area (Å²) in [4.78, 5) is 6.82. The Morgan fingerprint density at radius 3 is 2.62 bits per heavy atom. The van der Waals surface area contributed by atoms with E-state index in [1.165, 1.54) is 5.56 Å². The van der Waals surface area contributed by atoms with Crippen LogP contribution in [0, 0.1) is 0 Å². The zero-order valence-corrected chi connectivity index (χ0v) is 17.8. The van der Waals surface area contributed by atoms with Gasteiger partial charge in [-0.1, -0.05) is 53.5 Å². The highest BCUT2D eigenvalue weighted by molar-refractivity contribution is 6.34. The summed E-state index contributed by atoms with van der Waals surface area (Å²) in [6.07, 6.45) is 3.72. The number of rotatable bonds is 6. The number of hydrogen-bond donors (Lipinski definition) is 1. The molecule has 152 valence electrons. The van der Waals surface area contributed by atoms with E-state index in [2.05, 4.69) is 51.3 Å². The van der Waals surface area contributed by atoms with E-state index in [0.717, 1.165) is 30.8 Å². The molecule has 0 saturated carbocycles. The first-order valence-corrected chi connectivity index (χ1v) is 10.6. The summed E-state index contributed by atoms with van der Waals surface area (Å²) in [5, 5.41) is 8.39. The minimum Gasteiger partial charge on any atom is -0.372 e. The molecular weight excluding hydrogens is 407 g/mol. The number of halogens is 2. The molecule has 3 atom stereocenters. The van der Waals surface area contributed by atoms with Crippen LogP contribution >= 0.6 is 23.2 Å². The SMILES string of the molecule is C[C@@H](c1nc[nH]n1)N1CCC[C@H](OCc2cc(Cl)cc(Cl)c2)[C@@H]1c1ccccc1. The minimum absolute atomic E-state index is 0.0466. The maximum atomic E-state index is 6.44. The van der Waals surface area contributed by atoms with Gasteiger partial charge in [-0.25, -0.2) is 4.98 Å². The topological polar surface area (TPSA) is 54.0 Å². The fourth-order valence-corrected chi connectivity index (χ4v) is 4.69. The number of aromatic amines is 1. The van der Waals surface area contributed by atoms with Crippen LogP contribution in [-0.2, 0) is 11.3 Å². The molecule has 0 radical (unpaired) electrons. The van der Waals surface area contributed by atoms with Crippen LogP contribution in [0.2, 0.25) is 10.0 Å². The third-order valence-corrected chi connectivity index (χ3v) is 5.88. The van der Waals surface area contributed by atoms with E-state index in [-0.39, 0.29) is 18.2 Å². The van der Waals surface area contributed by atoms with Crippen LogP contribution in [0.1, 0.15) is 48.8 Å². The first kappa shape index (κ1) is 20.4. The van der Waals surface area contributed by atoms with Gasteiger partial charge in [0.05, 0.1) is 24.8 Å². The van der Waals surface area contributed by atoms with Crippen molar-refractivity contribution >= 4 is 23.2 Å². The minimum atomic E-state index is 0.0466. The third-order valence-electron chi connectivity index (χ3n) is 5.45. The van der Waals surface area contributed by atoms with Crippen molar-refractivity contribution in [1.82, 2.24) is 20.1 Å². The molecule has 1 fully saturated rings. The van der Waals surface area contributed by atoms with Crippen LogP contribution in [-0.4, -0.2) is 32.7 Å². The average molecular weight is 431 g/mol. The van der Waals surface area contributed by atoms with Crippen LogP contribution < -0.4 is 0 Å². The van der Waals surface area contributed by atoms with Crippen LogP contribution in [0.3, 0.4) is 0 Å². The van der Waals surface area contributed by atoms with Gasteiger partial charge in [0, 0.05) is 10.0 Å². The van der Waals surface area contributed by atoms with E-state index >= 15 is 0 Å². The largest absolute Gasteiger partial charge is 0.372 e. The fourth-order valence-electron chi connectivity index (χ4n) is 4.12. The van der Waals surface area contributed by atoms with Crippen LogP contribution in [0.25, 0.3) is 0 Å². The van der Waals surface area contributed by atoms with E-state index in [0.29, 0.717) is 16.7 Å². The predicted molar refractivity (Wildman–Crippen MR) is 115 cm³/mol. The molecule has 2 heterocycles. The average Bonchev–Trinajstić information content (AvgIpc) is 3.26. The first-order chi connectivity index (χ1) is 14.1. The molecule has 1 aliphatic heterocycles. The zero-order chi connectivity index (χ0) is 20.2. The van der Waals surface area contributed by atoms with E-state index < -0.39 is 0 Å². The standard InChI is InChI=1S/C22H24Cl2N4O/c1-15(22-25-14-26-27-22)28-9-5-8-20(21(28)17-6-3-2-4-7-17)29-13-16-10-18(23)12-19(24)11-16/h2-4,6-7,10-12,14-15,20-21H,5,8-9,13H2,1H3,(H,25,26,27)/t15-,20-,21-/m0/s1. The molecule has 1 aliphatic rings. The Morgan fingerprint density at radius 2 is 1.93 bits per heavy atom. The van der Waals surface area contributed by atoms with Crippen LogP contribution in [0.15, 0.2) is 54.9 Å². The fraction of sp³-hybridized carbons (Fsp3) is 0.364. The molecule has 4 rings (SSSR count). The highest BCUT2D eigenvalue weighted by Crippen LogP contribution is 2.38. The van der Waals surface area contributed by atoms with Crippen molar-refractivity contribution in [2.75, 3.05) is 6.54 Å². The highest BCUT2D eigenvalue weighted by Gasteiger charge is 2.37. The van der Waals surface area contributed by atoms with Gasteiger partial charge in [-0.15, -0.1) is 0 Å². The number of nitrogens with zero attached hydrogens (tertiary/aromatic N) is 3. The quantitative estimate of drug-likeness (QED) is 0.553. The number of nitrogens with one attached hydrogen (secondary N) is 1. The lowest BCUT2D eigenvalue weighted by atomic mass is 9.90. The summed E-state index contributed by atoms with van der Waals surface area (Å²) in [5.41, 5.74) is 2.22. The van der Waals surface area contributed by atoms with Crippen molar-refractivity contribution < 1.29 is 4.74 Å². The predicted octanol–water partition coefficient (Wildman–Crippen LogP) is 5.60. The molecule has 1 N–H and O–H groups in total. The molecule has 0 spiro atoms. The number of aromatic nitrogens is 3. The van der Waals surface area contributed by atoms with Gasteiger partial charge in [-0.3, -0.25) is 10.00 Å². The van der Waals surface area contributed by atoms with E-state index in [4.69, 9.17) is 27.9 Å². The summed E-state index contributed by atoms with van der Waals surface area (Å²) in [7, 11) is 0.